The van der Waals surface area contributed by atoms with E-state index in [1.165, 1.54) is 11.6 Å². The maximum Gasteiger partial charge on any atom is 0.433 e. The van der Waals surface area contributed by atoms with Crippen LogP contribution in [0.4, 0.5) is 11.6 Å². The minimum Gasteiger partial charge on any atom is -0.406 e. The molecule has 0 aliphatic carbocycles. The summed E-state index contributed by atoms with van der Waals surface area (Å²) in [6.45, 7) is 3.66. The van der Waals surface area contributed by atoms with Crippen molar-refractivity contribution in [3.8, 4) is 0 Å². The number of aryl methyl sites for hydroxylation is 2. The lowest BCUT2D eigenvalue weighted by molar-refractivity contribution is -0.402. The second-order valence-corrected chi connectivity index (χ2v) is 3.77. The lowest BCUT2D eigenvalue weighted by atomic mass is 10.2. The number of hydrogen-bond acceptors (Lipinski definition) is 4. The summed E-state index contributed by atoms with van der Waals surface area (Å²) in [5, 5.41) is 12.5. The molecule has 1 N–H and O–H groups in total. The van der Waals surface area contributed by atoms with E-state index in [9.17, 15) is 14.9 Å². The van der Waals surface area contributed by atoms with Crippen LogP contribution in [0.5, 0.6) is 0 Å². The summed E-state index contributed by atoms with van der Waals surface area (Å²) < 4.78 is 4.65. The Hall–Kier alpha value is -2.63. The zero-order valence-corrected chi connectivity index (χ0v) is 10.6. The Morgan fingerprint density at radius 3 is 2.16 bits per heavy atom. The van der Waals surface area contributed by atoms with E-state index in [-0.39, 0.29) is 5.88 Å². The Kier molecular flexibility index (Phi) is 5.28. The first-order valence-corrected chi connectivity index (χ1v) is 5.50. The molecule has 0 radical (unpaired) electrons. The number of rotatable bonds is 3. The molecule has 1 aromatic carbocycles. The van der Waals surface area contributed by atoms with E-state index in [0.717, 1.165) is 5.69 Å². The highest BCUT2D eigenvalue weighted by atomic mass is 16.6. The topological polar surface area (TPSA) is 85.4 Å². The predicted molar refractivity (Wildman–Crippen MR) is 71.0 cm³/mol. The lowest BCUT2D eigenvalue weighted by Gasteiger charge is -1.96. The van der Waals surface area contributed by atoms with Crippen LogP contribution in [0.1, 0.15) is 11.3 Å². The van der Waals surface area contributed by atoms with E-state index in [0.29, 0.717) is 12.2 Å². The Labute approximate surface area is 110 Å². The number of nitrogens with one attached hydrogen (secondary N) is 1. The van der Waals surface area contributed by atoms with E-state index >= 15 is 0 Å². The van der Waals surface area contributed by atoms with Crippen molar-refractivity contribution in [1.82, 2.24) is 0 Å². The largest absolute Gasteiger partial charge is 0.433 e. The van der Waals surface area contributed by atoms with Gasteiger partial charge in [-0.25, -0.2) is 0 Å². The van der Waals surface area contributed by atoms with E-state index < -0.39 is 4.92 Å². The van der Waals surface area contributed by atoms with Crippen LogP contribution >= 0.6 is 0 Å². The highest BCUT2D eigenvalue weighted by Gasteiger charge is 2.07. The fourth-order valence-electron chi connectivity index (χ4n) is 1.24. The SMILES string of the molecule is Cc1ccc(NC=O)cc1.Cc1ccc([N+](=O)[O-])o1. The first-order chi connectivity index (χ1) is 9.02. The maximum absolute atomic E-state index is 9.95. The van der Waals surface area contributed by atoms with Gasteiger partial charge in [-0.15, -0.1) is 0 Å². The fourth-order valence-corrected chi connectivity index (χ4v) is 1.24. The van der Waals surface area contributed by atoms with Gasteiger partial charge in [-0.2, -0.15) is 0 Å². The summed E-state index contributed by atoms with van der Waals surface area (Å²) in [6.07, 6.45) is 0.671. The summed E-state index contributed by atoms with van der Waals surface area (Å²) >= 11 is 0. The molecule has 1 heterocycles. The Morgan fingerprint density at radius 2 is 1.79 bits per heavy atom. The summed E-state index contributed by atoms with van der Waals surface area (Å²) in [7, 11) is 0. The number of amides is 1. The predicted octanol–water partition coefficient (Wildman–Crippen LogP) is 3.06. The minimum absolute atomic E-state index is 0.201. The van der Waals surface area contributed by atoms with Crippen LogP contribution in [0.2, 0.25) is 0 Å². The van der Waals surface area contributed by atoms with Crippen molar-refractivity contribution in [2.24, 2.45) is 0 Å². The quantitative estimate of drug-likeness (QED) is 0.523. The van der Waals surface area contributed by atoms with E-state index in [2.05, 4.69) is 9.73 Å². The fraction of sp³-hybridized carbons (Fsp3) is 0.154. The van der Waals surface area contributed by atoms with Crippen LogP contribution in [-0.2, 0) is 4.79 Å². The van der Waals surface area contributed by atoms with Gasteiger partial charge in [-0.3, -0.25) is 14.9 Å². The molecule has 0 aliphatic heterocycles. The second kappa shape index (κ2) is 6.95. The smallest absolute Gasteiger partial charge is 0.406 e. The van der Waals surface area contributed by atoms with Crippen molar-refractivity contribution in [2.75, 3.05) is 5.32 Å². The summed E-state index contributed by atoms with van der Waals surface area (Å²) in [4.78, 5) is 19.3. The molecule has 0 fully saturated rings. The summed E-state index contributed by atoms with van der Waals surface area (Å²) in [5.41, 5.74) is 2.03. The maximum atomic E-state index is 9.95. The second-order valence-electron chi connectivity index (χ2n) is 3.77. The zero-order chi connectivity index (χ0) is 14.3. The molecular weight excluding hydrogens is 248 g/mol. The van der Waals surface area contributed by atoms with Gasteiger partial charge in [0.2, 0.25) is 6.41 Å². The molecule has 6 nitrogen and oxygen atoms in total. The lowest BCUT2D eigenvalue weighted by Crippen LogP contribution is -1.92. The number of nitro groups is 1. The van der Waals surface area contributed by atoms with Gasteiger partial charge in [0.05, 0.1) is 6.07 Å². The van der Waals surface area contributed by atoms with Gasteiger partial charge in [0.15, 0.2) is 0 Å². The van der Waals surface area contributed by atoms with E-state index in [1.54, 1.807) is 13.0 Å². The van der Waals surface area contributed by atoms with Crippen molar-refractivity contribution in [3.05, 3.63) is 57.8 Å². The van der Waals surface area contributed by atoms with Crippen molar-refractivity contribution in [3.63, 3.8) is 0 Å². The number of carbonyl (C=O) groups is 1. The van der Waals surface area contributed by atoms with Crippen molar-refractivity contribution < 1.29 is 14.1 Å². The molecule has 19 heavy (non-hydrogen) atoms. The number of carbonyl (C=O) groups excluding carboxylic acids is 1. The molecule has 1 amide bonds. The summed E-state index contributed by atoms with van der Waals surface area (Å²) in [6, 6.07) is 10.5. The van der Waals surface area contributed by atoms with Crippen molar-refractivity contribution >= 4 is 18.0 Å². The average molecular weight is 262 g/mol. The molecule has 0 bridgehead atoms. The van der Waals surface area contributed by atoms with Crippen LogP contribution in [0.25, 0.3) is 0 Å². The average Bonchev–Trinajstić information content (AvgIpc) is 2.80. The standard InChI is InChI=1S/C8H9NO.C5H5NO3/c1-7-2-4-8(5-3-7)9-6-10;1-4-2-3-5(9-4)6(7)8/h2-6H,1H3,(H,9,10);2-3H,1H3. The van der Waals surface area contributed by atoms with Gasteiger partial charge in [0.25, 0.3) is 0 Å². The van der Waals surface area contributed by atoms with E-state index in [4.69, 9.17) is 0 Å². The molecule has 6 heteroatoms. The number of furan rings is 1. The molecule has 0 spiro atoms. The van der Waals surface area contributed by atoms with Gasteiger partial charge in [-0.05, 0) is 32.0 Å². The Bertz CT molecular complexity index is 546. The van der Waals surface area contributed by atoms with E-state index in [1.807, 2.05) is 31.2 Å². The molecule has 100 valence electrons. The Morgan fingerprint density at radius 1 is 1.16 bits per heavy atom. The molecule has 0 atom stereocenters. The van der Waals surface area contributed by atoms with Crippen LogP contribution in [0, 0.1) is 24.0 Å². The number of benzene rings is 1. The molecule has 0 unspecified atom stereocenters. The van der Waals surface area contributed by atoms with Gasteiger partial charge >= 0.3 is 5.88 Å². The van der Waals surface area contributed by atoms with Crippen LogP contribution < -0.4 is 5.32 Å². The molecule has 1 aromatic heterocycles. The first-order valence-electron chi connectivity index (χ1n) is 5.50. The van der Waals surface area contributed by atoms with Crippen LogP contribution in [-0.4, -0.2) is 11.3 Å². The van der Waals surface area contributed by atoms with Crippen molar-refractivity contribution in [1.29, 1.82) is 0 Å². The molecule has 2 rings (SSSR count). The molecule has 0 saturated heterocycles. The third kappa shape index (κ3) is 5.03. The summed E-state index contributed by atoms with van der Waals surface area (Å²) in [5.74, 6) is 0.356. The van der Waals surface area contributed by atoms with Gasteiger partial charge < -0.3 is 9.73 Å². The number of hydrogen-bond donors (Lipinski definition) is 1. The minimum atomic E-state index is -0.562. The van der Waals surface area contributed by atoms with Crippen LogP contribution in [0.3, 0.4) is 0 Å². The monoisotopic (exact) mass is 262 g/mol. The van der Waals surface area contributed by atoms with Crippen LogP contribution in [0.15, 0.2) is 40.8 Å². The zero-order valence-electron chi connectivity index (χ0n) is 10.6. The highest BCUT2D eigenvalue weighted by molar-refractivity contribution is 5.70. The highest BCUT2D eigenvalue weighted by Crippen LogP contribution is 2.13. The van der Waals surface area contributed by atoms with Crippen molar-refractivity contribution in [2.45, 2.75) is 13.8 Å². The molecule has 0 aliphatic rings. The molecule has 0 saturated carbocycles. The normalized spacial score (nSPS) is 9.16. The molecule has 2 aromatic rings. The van der Waals surface area contributed by atoms with Gasteiger partial charge in [0.1, 0.15) is 10.7 Å². The number of anilines is 1. The van der Waals surface area contributed by atoms with Gasteiger partial charge in [0, 0.05) is 5.69 Å². The third-order valence-electron chi connectivity index (χ3n) is 2.18. The number of nitrogens with zero attached hydrogens (tertiary/aromatic N) is 1. The molecular formula is C13H14N2O4. The Balaban J connectivity index is 0.000000191. The first kappa shape index (κ1) is 14.4. The third-order valence-corrected chi connectivity index (χ3v) is 2.18. The van der Waals surface area contributed by atoms with Gasteiger partial charge in [-0.1, -0.05) is 17.7 Å².